The van der Waals surface area contributed by atoms with Crippen molar-refractivity contribution in [2.24, 2.45) is 0 Å². The second kappa shape index (κ2) is 7.82. The van der Waals surface area contributed by atoms with E-state index in [9.17, 15) is 39.9 Å². The molecule has 0 aromatic heterocycles. The molecule has 2 aromatic rings. The Kier molecular flexibility index (Phi) is 6.07. The number of hydrogen-bond donors (Lipinski definition) is 0. The molecule has 1 unspecified atom stereocenters. The van der Waals surface area contributed by atoms with Gasteiger partial charge in [-0.1, -0.05) is 11.6 Å². The van der Waals surface area contributed by atoms with Crippen molar-refractivity contribution >= 4 is 17.6 Å². The molecule has 0 radical (unpaired) electrons. The van der Waals surface area contributed by atoms with Crippen molar-refractivity contribution in [3.05, 3.63) is 57.9 Å². The summed E-state index contributed by atoms with van der Waals surface area (Å²) in [4.78, 5) is 11.9. The highest BCUT2D eigenvalue weighted by atomic mass is 35.5. The number of halogens is 9. The van der Waals surface area contributed by atoms with Gasteiger partial charge in [0.05, 0.1) is 10.6 Å². The molecule has 2 aromatic carbocycles. The zero-order valence-corrected chi connectivity index (χ0v) is 14.2. The number of carbonyl (C=O) groups excluding carboxylic acids is 1. The van der Waals surface area contributed by atoms with Gasteiger partial charge in [-0.25, -0.2) is 18.0 Å². The van der Waals surface area contributed by atoms with Gasteiger partial charge < -0.3 is 9.47 Å². The van der Waals surface area contributed by atoms with E-state index in [0.717, 1.165) is 18.2 Å². The maximum atomic E-state index is 13.5. The zero-order valence-electron chi connectivity index (χ0n) is 13.4. The Morgan fingerprint density at radius 3 is 1.93 bits per heavy atom. The van der Waals surface area contributed by atoms with Crippen LogP contribution in [-0.2, 0) is 0 Å². The number of esters is 1. The van der Waals surface area contributed by atoms with Gasteiger partial charge in [0.25, 0.3) is 0 Å². The van der Waals surface area contributed by atoms with E-state index >= 15 is 0 Å². The number of ether oxygens (including phenoxy) is 2. The lowest BCUT2D eigenvalue weighted by Gasteiger charge is -2.18. The van der Waals surface area contributed by atoms with Crippen LogP contribution in [0.5, 0.6) is 11.5 Å². The first-order valence-corrected chi connectivity index (χ1v) is 7.49. The minimum atomic E-state index is -4.70. The van der Waals surface area contributed by atoms with Gasteiger partial charge in [-0.2, -0.15) is 22.0 Å². The molecular formula is C16H7ClF8O3. The van der Waals surface area contributed by atoms with Crippen LogP contribution in [0.3, 0.4) is 0 Å². The predicted molar refractivity (Wildman–Crippen MR) is 78.8 cm³/mol. The van der Waals surface area contributed by atoms with E-state index in [1.165, 1.54) is 0 Å². The van der Waals surface area contributed by atoms with Crippen molar-refractivity contribution in [2.45, 2.75) is 19.2 Å². The number of alkyl halides is 3. The highest BCUT2D eigenvalue weighted by molar-refractivity contribution is 6.32. The fraction of sp³-hybridized carbons (Fsp3) is 0.188. The Labute approximate surface area is 156 Å². The number of hydrogen-bond acceptors (Lipinski definition) is 3. The second-order valence-electron chi connectivity index (χ2n) is 5.24. The van der Waals surface area contributed by atoms with E-state index in [2.05, 4.69) is 9.47 Å². The van der Waals surface area contributed by atoms with Crippen LogP contribution in [0.2, 0.25) is 5.02 Å². The largest absolute Gasteiger partial charge is 0.480 e. The topological polar surface area (TPSA) is 35.5 Å². The fourth-order valence-electron chi connectivity index (χ4n) is 1.81. The van der Waals surface area contributed by atoms with E-state index in [4.69, 9.17) is 11.6 Å². The Morgan fingerprint density at radius 2 is 1.46 bits per heavy atom. The highest BCUT2D eigenvalue weighted by Crippen LogP contribution is 2.32. The molecule has 28 heavy (non-hydrogen) atoms. The molecule has 2 rings (SSSR count). The van der Waals surface area contributed by atoms with Crippen molar-refractivity contribution in [2.75, 3.05) is 0 Å². The predicted octanol–water partition coefficient (Wildman–Crippen LogP) is 5.58. The molecule has 0 aliphatic rings. The normalized spacial score (nSPS) is 12.6. The van der Waals surface area contributed by atoms with E-state index in [1.807, 2.05) is 0 Å². The Bertz CT molecular complexity index is 900. The SMILES string of the molecule is CC(Oc1ccc(C(=O)Oc2c(F)c(F)c(F)c(F)c2F)cc1Cl)C(F)(F)F. The molecular weight excluding hydrogens is 428 g/mol. The monoisotopic (exact) mass is 434 g/mol. The van der Waals surface area contributed by atoms with Crippen LogP contribution in [0.1, 0.15) is 17.3 Å². The van der Waals surface area contributed by atoms with Crippen LogP contribution in [0.15, 0.2) is 18.2 Å². The lowest BCUT2D eigenvalue weighted by Crippen LogP contribution is -2.31. The van der Waals surface area contributed by atoms with Crippen LogP contribution in [-0.4, -0.2) is 18.2 Å². The number of benzene rings is 2. The molecule has 0 aliphatic carbocycles. The second-order valence-corrected chi connectivity index (χ2v) is 5.64. The average Bonchev–Trinajstić information content (AvgIpc) is 2.62. The van der Waals surface area contributed by atoms with Gasteiger partial charge in [-0.15, -0.1) is 0 Å². The first kappa shape index (κ1) is 21.7. The minimum absolute atomic E-state index is 0.473. The van der Waals surface area contributed by atoms with Crippen molar-refractivity contribution < 1.29 is 49.4 Å². The summed E-state index contributed by atoms with van der Waals surface area (Å²) in [5.41, 5.74) is -0.555. The highest BCUT2D eigenvalue weighted by Gasteiger charge is 2.38. The van der Waals surface area contributed by atoms with Crippen molar-refractivity contribution in [3.8, 4) is 11.5 Å². The summed E-state index contributed by atoms with van der Waals surface area (Å²) in [6.07, 6.45) is -6.94. The molecule has 152 valence electrons. The molecule has 0 bridgehead atoms. The third-order valence-electron chi connectivity index (χ3n) is 3.30. The van der Waals surface area contributed by atoms with Gasteiger partial charge in [0.1, 0.15) is 5.75 Å². The molecule has 3 nitrogen and oxygen atoms in total. The summed E-state index contributed by atoms with van der Waals surface area (Å²) in [7, 11) is 0. The molecule has 0 fully saturated rings. The quantitative estimate of drug-likeness (QED) is 0.207. The number of rotatable bonds is 4. The Morgan fingerprint density at radius 1 is 0.964 bits per heavy atom. The maximum absolute atomic E-state index is 13.5. The average molecular weight is 435 g/mol. The van der Waals surface area contributed by atoms with Crippen LogP contribution >= 0.6 is 11.6 Å². The lowest BCUT2D eigenvalue weighted by atomic mass is 10.2. The zero-order chi connectivity index (χ0) is 21.4. The maximum Gasteiger partial charge on any atom is 0.425 e. The number of carbonyl (C=O) groups is 1. The summed E-state index contributed by atoms with van der Waals surface area (Å²) >= 11 is 5.69. The summed E-state index contributed by atoms with van der Waals surface area (Å²) in [6, 6.07) is 2.38. The van der Waals surface area contributed by atoms with Gasteiger partial charge in [0, 0.05) is 0 Å². The minimum Gasteiger partial charge on any atom is -0.480 e. The van der Waals surface area contributed by atoms with Crippen LogP contribution in [0, 0.1) is 29.1 Å². The van der Waals surface area contributed by atoms with E-state index < -0.39 is 69.4 Å². The molecule has 0 heterocycles. The lowest BCUT2D eigenvalue weighted by molar-refractivity contribution is -0.189. The van der Waals surface area contributed by atoms with Gasteiger partial charge >= 0.3 is 12.1 Å². The van der Waals surface area contributed by atoms with E-state index in [-0.39, 0.29) is 0 Å². The van der Waals surface area contributed by atoms with Gasteiger partial charge in [-0.05, 0) is 25.1 Å². The standard InChI is InChI=1S/C16H7ClF8O3/c1-5(16(23,24)25)27-8-3-2-6(4-7(8)17)15(26)28-14-12(21)10(19)9(18)11(20)13(14)22/h2-5H,1H3. The van der Waals surface area contributed by atoms with Gasteiger partial charge in [0.2, 0.25) is 34.8 Å². The molecule has 0 saturated carbocycles. The smallest absolute Gasteiger partial charge is 0.425 e. The van der Waals surface area contributed by atoms with Crippen LogP contribution < -0.4 is 9.47 Å². The molecule has 0 saturated heterocycles. The van der Waals surface area contributed by atoms with Crippen molar-refractivity contribution in [1.82, 2.24) is 0 Å². The summed E-state index contributed by atoms with van der Waals surface area (Å²) in [6.45, 7) is 0.696. The molecule has 12 heteroatoms. The molecule has 0 spiro atoms. The molecule has 0 N–H and O–H groups in total. The van der Waals surface area contributed by atoms with E-state index in [1.54, 1.807) is 0 Å². The summed E-state index contributed by atoms with van der Waals surface area (Å²) in [5.74, 6) is -15.8. The van der Waals surface area contributed by atoms with E-state index in [0.29, 0.717) is 6.92 Å². The first-order chi connectivity index (χ1) is 12.8. The third-order valence-corrected chi connectivity index (χ3v) is 3.59. The fourth-order valence-corrected chi connectivity index (χ4v) is 2.03. The van der Waals surface area contributed by atoms with Crippen molar-refractivity contribution in [3.63, 3.8) is 0 Å². The summed E-state index contributed by atoms with van der Waals surface area (Å²) in [5, 5.41) is -0.497. The molecule has 0 aliphatic heterocycles. The Hall–Kier alpha value is -2.56. The van der Waals surface area contributed by atoms with Crippen LogP contribution in [0.4, 0.5) is 35.1 Å². The Balaban J connectivity index is 2.29. The van der Waals surface area contributed by atoms with Crippen LogP contribution in [0.25, 0.3) is 0 Å². The molecule has 1 atom stereocenters. The van der Waals surface area contributed by atoms with Gasteiger partial charge in [0.15, 0.2) is 6.10 Å². The molecule has 0 amide bonds. The van der Waals surface area contributed by atoms with Crippen molar-refractivity contribution in [1.29, 1.82) is 0 Å². The third kappa shape index (κ3) is 4.29. The first-order valence-electron chi connectivity index (χ1n) is 7.11. The summed E-state index contributed by atoms with van der Waals surface area (Å²) < 4.78 is 112. The van der Waals surface area contributed by atoms with Gasteiger partial charge in [-0.3, -0.25) is 0 Å².